The second-order valence-electron chi connectivity index (χ2n) is 5.07. The van der Waals surface area contributed by atoms with Crippen molar-refractivity contribution < 1.29 is 0 Å². The highest BCUT2D eigenvalue weighted by Gasteiger charge is 2.05. The van der Waals surface area contributed by atoms with Gasteiger partial charge in [-0.1, -0.05) is 64.9 Å². The van der Waals surface area contributed by atoms with Gasteiger partial charge in [0, 0.05) is 11.9 Å². The molecule has 0 amide bonds. The van der Waals surface area contributed by atoms with E-state index in [1.807, 2.05) is 12.3 Å². The molecule has 96 valence electrons. The van der Waals surface area contributed by atoms with E-state index in [-0.39, 0.29) is 0 Å². The lowest BCUT2D eigenvalue weighted by molar-refractivity contribution is 0.545. The first-order valence-electron chi connectivity index (χ1n) is 7.25. The van der Waals surface area contributed by atoms with Crippen molar-refractivity contribution in [1.82, 2.24) is 4.98 Å². The molecule has 1 atom stereocenters. The molecule has 1 unspecified atom stereocenters. The van der Waals surface area contributed by atoms with Crippen molar-refractivity contribution in [2.45, 2.75) is 71.1 Å². The molecular formula is C16H27N. The summed E-state index contributed by atoms with van der Waals surface area (Å²) in [5.41, 5.74) is 1.25. The van der Waals surface area contributed by atoms with Crippen LogP contribution < -0.4 is 0 Å². The first-order chi connectivity index (χ1) is 8.34. The lowest BCUT2D eigenvalue weighted by atomic mass is 9.98. The van der Waals surface area contributed by atoms with Gasteiger partial charge < -0.3 is 0 Å². The molecular weight excluding hydrogens is 206 g/mol. The van der Waals surface area contributed by atoms with Crippen LogP contribution in [0.1, 0.15) is 76.8 Å². The van der Waals surface area contributed by atoms with Crippen molar-refractivity contribution in [3.8, 4) is 0 Å². The van der Waals surface area contributed by atoms with Crippen LogP contribution in [0.3, 0.4) is 0 Å². The molecule has 0 spiro atoms. The molecule has 1 nitrogen and oxygen atoms in total. The van der Waals surface area contributed by atoms with Crippen LogP contribution in [0, 0.1) is 0 Å². The van der Waals surface area contributed by atoms with Crippen molar-refractivity contribution in [2.75, 3.05) is 0 Å². The van der Waals surface area contributed by atoms with Crippen LogP contribution in [0.4, 0.5) is 0 Å². The van der Waals surface area contributed by atoms with Crippen LogP contribution in [-0.2, 0) is 0 Å². The summed E-state index contributed by atoms with van der Waals surface area (Å²) in [5.74, 6) is 0.617. The molecule has 0 radical (unpaired) electrons. The van der Waals surface area contributed by atoms with Gasteiger partial charge in [0.1, 0.15) is 0 Å². The molecule has 0 saturated carbocycles. The van der Waals surface area contributed by atoms with Gasteiger partial charge in [0.15, 0.2) is 0 Å². The van der Waals surface area contributed by atoms with Gasteiger partial charge >= 0.3 is 0 Å². The molecule has 0 saturated heterocycles. The molecule has 1 aromatic heterocycles. The van der Waals surface area contributed by atoms with Crippen molar-refractivity contribution in [3.63, 3.8) is 0 Å². The van der Waals surface area contributed by atoms with E-state index in [1.165, 1.54) is 57.1 Å². The summed E-state index contributed by atoms with van der Waals surface area (Å²) in [4.78, 5) is 4.42. The fraction of sp³-hybridized carbons (Fsp3) is 0.688. The van der Waals surface area contributed by atoms with E-state index in [1.54, 1.807) is 0 Å². The van der Waals surface area contributed by atoms with E-state index < -0.39 is 0 Å². The highest BCUT2D eigenvalue weighted by atomic mass is 14.7. The maximum absolute atomic E-state index is 4.42. The first-order valence-corrected chi connectivity index (χ1v) is 7.25. The van der Waals surface area contributed by atoms with Crippen LogP contribution in [-0.4, -0.2) is 4.98 Å². The third-order valence-electron chi connectivity index (χ3n) is 3.43. The van der Waals surface area contributed by atoms with Gasteiger partial charge in [0.25, 0.3) is 0 Å². The fourth-order valence-corrected chi connectivity index (χ4v) is 2.22. The standard InChI is InChI=1S/C16H27N/c1-3-4-5-6-7-8-9-12-15(2)16-13-10-11-14-17-16/h10-11,13-15H,3-9,12H2,1-2H3. The minimum atomic E-state index is 0.617. The third-order valence-corrected chi connectivity index (χ3v) is 3.43. The normalized spacial score (nSPS) is 12.6. The van der Waals surface area contributed by atoms with E-state index >= 15 is 0 Å². The van der Waals surface area contributed by atoms with Gasteiger partial charge in [-0.25, -0.2) is 0 Å². The number of aromatic nitrogens is 1. The lowest BCUT2D eigenvalue weighted by Crippen LogP contribution is -1.96. The molecule has 1 heterocycles. The number of pyridine rings is 1. The van der Waals surface area contributed by atoms with Gasteiger partial charge in [-0.15, -0.1) is 0 Å². The molecule has 1 aromatic rings. The minimum Gasteiger partial charge on any atom is -0.261 e. The van der Waals surface area contributed by atoms with E-state index in [0.29, 0.717) is 5.92 Å². The second kappa shape index (κ2) is 9.21. The molecule has 1 heteroatoms. The Morgan fingerprint density at radius 1 is 1.00 bits per heavy atom. The summed E-state index contributed by atoms with van der Waals surface area (Å²) >= 11 is 0. The summed E-state index contributed by atoms with van der Waals surface area (Å²) in [7, 11) is 0. The topological polar surface area (TPSA) is 12.9 Å². The smallest absolute Gasteiger partial charge is 0.0431 e. The summed E-state index contributed by atoms with van der Waals surface area (Å²) < 4.78 is 0. The summed E-state index contributed by atoms with van der Waals surface area (Å²) in [6.45, 7) is 4.56. The molecule has 0 fully saturated rings. The Hall–Kier alpha value is -0.850. The van der Waals surface area contributed by atoms with Crippen LogP contribution in [0.2, 0.25) is 0 Å². The van der Waals surface area contributed by atoms with Gasteiger partial charge in [0.05, 0.1) is 0 Å². The quantitative estimate of drug-likeness (QED) is 0.526. The number of rotatable bonds is 9. The second-order valence-corrected chi connectivity index (χ2v) is 5.07. The lowest BCUT2D eigenvalue weighted by Gasteiger charge is -2.10. The Morgan fingerprint density at radius 2 is 1.71 bits per heavy atom. The SMILES string of the molecule is CCCCCCCCCC(C)c1ccccn1. The molecule has 0 aromatic carbocycles. The van der Waals surface area contributed by atoms with Gasteiger partial charge in [-0.2, -0.15) is 0 Å². The largest absolute Gasteiger partial charge is 0.261 e. The third kappa shape index (κ3) is 6.45. The van der Waals surface area contributed by atoms with Crippen LogP contribution >= 0.6 is 0 Å². The number of nitrogens with zero attached hydrogens (tertiary/aromatic N) is 1. The number of hydrogen-bond acceptors (Lipinski definition) is 1. The average molecular weight is 233 g/mol. The zero-order chi connectivity index (χ0) is 12.3. The van der Waals surface area contributed by atoms with Crippen molar-refractivity contribution in [3.05, 3.63) is 30.1 Å². The Kier molecular flexibility index (Phi) is 7.70. The summed E-state index contributed by atoms with van der Waals surface area (Å²) in [5, 5.41) is 0. The number of hydrogen-bond donors (Lipinski definition) is 0. The molecule has 0 N–H and O–H groups in total. The highest BCUT2D eigenvalue weighted by molar-refractivity contribution is 5.07. The molecule has 0 bridgehead atoms. The fourth-order valence-electron chi connectivity index (χ4n) is 2.22. The number of unbranched alkanes of at least 4 members (excludes halogenated alkanes) is 6. The minimum absolute atomic E-state index is 0.617. The summed E-state index contributed by atoms with van der Waals surface area (Å²) in [6.07, 6.45) is 12.9. The predicted molar refractivity (Wildman–Crippen MR) is 75.3 cm³/mol. The predicted octanol–water partition coefficient (Wildman–Crippen LogP) is 5.33. The van der Waals surface area contributed by atoms with E-state index in [2.05, 4.69) is 31.0 Å². The molecule has 0 aliphatic heterocycles. The monoisotopic (exact) mass is 233 g/mol. The first kappa shape index (κ1) is 14.2. The highest BCUT2D eigenvalue weighted by Crippen LogP contribution is 2.20. The maximum atomic E-state index is 4.42. The zero-order valence-corrected chi connectivity index (χ0v) is 11.5. The van der Waals surface area contributed by atoms with E-state index in [9.17, 15) is 0 Å². The van der Waals surface area contributed by atoms with Crippen LogP contribution in [0.15, 0.2) is 24.4 Å². The molecule has 1 rings (SSSR count). The van der Waals surface area contributed by atoms with Gasteiger partial charge in [-0.3, -0.25) is 4.98 Å². The van der Waals surface area contributed by atoms with Crippen LogP contribution in [0.25, 0.3) is 0 Å². The Labute approximate surface area is 107 Å². The summed E-state index contributed by atoms with van der Waals surface area (Å²) in [6, 6.07) is 6.22. The van der Waals surface area contributed by atoms with Gasteiger partial charge in [-0.05, 0) is 24.5 Å². The zero-order valence-electron chi connectivity index (χ0n) is 11.5. The van der Waals surface area contributed by atoms with E-state index in [4.69, 9.17) is 0 Å². The molecule has 0 aliphatic carbocycles. The van der Waals surface area contributed by atoms with Crippen molar-refractivity contribution >= 4 is 0 Å². The average Bonchev–Trinajstić information content (AvgIpc) is 2.38. The Morgan fingerprint density at radius 3 is 2.35 bits per heavy atom. The van der Waals surface area contributed by atoms with Crippen molar-refractivity contribution in [2.24, 2.45) is 0 Å². The Bertz CT molecular complexity index is 268. The van der Waals surface area contributed by atoms with Gasteiger partial charge in [0.2, 0.25) is 0 Å². The van der Waals surface area contributed by atoms with Crippen molar-refractivity contribution in [1.29, 1.82) is 0 Å². The molecule has 17 heavy (non-hydrogen) atoms. The van der Waals surface area contributed by atoms with Crippen LogP contribution in [0.5, 0.6) is 0 Å². The van der Waals surface area contributed by atoms with E-state index in [0.717, 1.165) is 0 Å². The maximum Gasteiger partial charge on any atom is 0.0431 e. The Balaban J connectivity index is 2.03. The molecule has 0 aliphatic rings.